The molecule has 21 heavy (non-hydrogen) atoms. The number of amides is 1. The van der Waals surface area contributed by atoms with Crippen molar-refractivity contribution >= 4 is 11.9 Å². The normalized spacial score (nSPS) is 15.3. The number of hydrogen-bond donors (Lipinski definition) is 1. The van der Waals surface area contributed by atoms with Crippen LogP contribution in [0.1, 0.15) is 50.9 Å². The van der Waals surface area contributed by atoms with Crippen LogP contribution in [0.2, 0.25) is 0 Å². The molecule has 1 aromatic heterocycles. The lowest BCUT2D eigenvalue weighted by molar-refractivity contribution is -0.121. The zero-order valence-electron chi connectivity index (χ0n) is 13.4. The topological polar surface area (TPSA) is 58.1 Å². The number of nitrogens with one attached hydrogen (secondary N) is 1. The second-order valence-corrected chi connectivity index (χ2v) is 6.22. The maximum Gasteiger partial charge on any atom is 0.225 e. The molecule has 5 heteroatoms. The quantitative estimate of drug-likeness (QED) is 0.905. The Labute approximate surface area is 127 Å². The van der Waals surface area contributed by atoms with Gasteiger partial charge >= 0.3 is 0 Å². The number of carbonyl (C=O) groups is 1. The fourth-order valence-corrected chi connectivity index (χ4v) is 2.57. The molecule has 5 nitrogen and oxygen atoms in total. The van der Waals surface area contributed by atoms with Gasteiger partial charge in [0.05, 0.1) is 12.2 Å². The maximum absolute atomic E-state index is 11.7. The molecule has 0 aliphatic carbocycles. The highest BCUT2D eigenvalue weighted by molar-refractivity contribution is 5.75. The lowest BCUT2D eigenvalue weighted by Gasteiger charge is -2.27. The third kappa shape index (κ3) is 4.99. The molecule has 0 radical (unpaired) electrons. The van der Waals surface area contributed by atoms with Gasteiger partial charge in [0.15, 0.2) is 0 Å². The Bertz CT molecular complexity index is 481. The predicted molar refractivity (Wildman–Crippen MR) is 84.1 cm³/mol. The van der Waals surface area contributed by atoms with Crippen LogP contribution in [-0.2, 0) is 11.3 Å². The SMILES string of the molecule is Cc1cc(CNC(=O)CC(C)C)nc(N2CCCCC2)n1. The van der Waals surface area contributed by atoms with E-state index in [1.807, 2.05) is 26.8 Å². The molecule has 1 saturated heterocycles. The van der Waals surface area contributed by atoms with Crippen molar-refractivity contribution in [3.05, 3.63) is 17.5 Å². The highest BCUT2D eigenvalue weighted by atomic mass is 16.1. The Morgan fingerprint density at radius 1 is 1.29 bits per heavy atom. The molecule has 1 fully saturated rings. The van der Waals surface area contributed by atoms with Crippen molar-refractivity contribution in [1.29, 1.82) is 0 Å². The lowest BCUT2D eigenvalue weighted by atomic mass is 10.1. The molecule has 116 valence electrons. The zero-order chi connectivity index (χ0) is 15.2. The van der Waals surface area contributed by atoms with Crippen molar-refractivity contribution < 1.29 is 4.79 Å². The molecular formula is C16H26N4O. The van der Waals surface area contributed by atoms with Crippen LogP contribution in [0.4, 0.5) is 5.95 Å². The van der Waals surface area contributed by atoms with Crippen molar-refractivity contribution in [1.82, 2.24) is 15.3 Å². The van der Waals surface area contributed by atoms with Gasteiger partial charge in [-0.25, -0.2) is 9.97 Å². The van der Waals surface area contributed by atoms with Crippen LogP contribution < -0.4 is 10.2 Å². The van der Waals surface area contributed by atoms with Gasteiger partial charge in [0.25, 0.3) is 0 Å². The smallest absolute Gasteiger partial charge is 0.225 e. The van der Waals surface area contributed by atoms with Crippen molar-refractivity contribution in [3.8, 4) is 0 Å². The third-order valence-corrected chi connectivity index (χ3v) is 3.59. The number of nitrogens with zero attached hydrogens (tertiary/aromatic N) is 3. The molecule has 0 bridgehead atoms. The maximum atomic E-state index is 11.7. The number of aryl methyl sites for hydroxylation is 1. The van der Waals surface area contributed by atoms with E-state index in [9.17, 15) is 4.79 Å². The van der Waals surface area contributed by atoms with Crippen molar-refractivity contribution in [2.45, 2.75) is 53.0 Å². The molecule has 1 aliphatic rings. The van der Waals surface area contributed by atoms with Crippen LogP contribution in [0.25, 0.3) is 0 Å². The Hall–Kier alpha value is -1.65. The van der Waals surface area contributed by atoms with Crippen LogP contribution in [0.3, 0.4) is 0 Å². The summed E-state index contributed by atoms with van der Waals surface area (Å²) in [4.78, 5) is 23.1. The average Bonchev–Trinajstić information content (AvgIpc) is 2.45. The number of piperidine rings is 1. The highest BCUT2D eigenvalue weighted by Gasteiger charge is 2.15. The fourth-order valence-electron chi connectivity index (χ4n) is 2.57. The summed E-state index contributed by atoms with van der Waals surface area (Å²) in [6, 6.07) is 1.95. The minimum absolute atomic E-state index is 0.0841. The van der Waals surface area contributed by atoms with E-state index in [1.165, 1.54) is 19.3 Å². The molecule has 0 atom stereocenters. The fraction of sp³-hybridized carbons (Fsp3) is 0.688. The van der Waals surface area contributed by atoms with Crippen molar-refractivity contribution in [3.63, 3.8) is 0 Å². The monoisotopic (exact) mass is 290 g/mol. The Morgan fingerprint density at radius 3 is 2.67 bits per heavy atom. The van der Waals surface area contributed by atoms with Crippen LogP contribution in [0, 0.1) is 12.8 Å². The van der Waals surface area contributed by atoms with E-state index >= 15 is 0 Å². The van der Waals surface area contributed by atoms with Gasteiger partial charge in [0.2, 0.25) is 11.9 Å². The zero-order valence-corrected chi connectivity index (χ0v) is 13.4. The van der Waals surface area contributed by atoms with Gasteiger partial charge in [-0.2, -0.15) is 0 Å². The third-order valence-electron chi connectivity index (χ3n) is 3.59. The molecule has 1 amide bonds. The number of rotatable bonds is 5. The molecule has 0 saturated carbocycles. The minimum atomic E-state index is 0.0841. The molecule has 0 spiro atoms. The summed E-state index contributed by atoms with van der Waals surface area (Å²) in [5.74, 6) is 1.27. The van der Waals surface area contributed by atoms with E-state index in [2.05, 4.69) is 20.2 Å². The van der Waals surface area contributed by atoms with E-state index in [0.29, 0.717) is 18.9 Å². The van der Waals surface area contributed by atoms with E-state index < -0.39 is 0 Å². The predicted octanol–water partition coefficient (Wildman–Crippen LogP) is 2.44. The van der Waals surface area contributed by atoms with E-state index in [0.717, 1.165) is 30.4 Å². The molecule has 1 N–H and O–H groups in total. The largest absolute Gasteiger partial charge is 0.350 e. The first kappa shape index (κ1) is 15.7. The molecule has 2 rings (SSSR count). The van der Waals surface area contributed by atoms with Gasteiger partial charge in [0.1, 0.15) is 0 Å². The number of carbonyl (C=O) groups excluding carboxylic acids is 1. The summed E-state index contributed by atoms with van der Waals surface area (Å²) < 4.78 is 0. The van der Waals surface area contributed by atoms with Gasteiger partial charge in [-0.3, -0.25) is 4.79 Å². The van der Waals surface area contributed by atoms with Crippen molar-refractivity contribution in [2.24, 2.45) is 5.92 Å². The summed E-state index contributed by atoms with van der Waals surface area (Å²) in [5, 5.41) is 2.94. The van der Waals surface area contributed by atoms with Gasteiger partial charge in [-0.15, -0.1) is 0 Å². The number of aromatic nitrogens is 2. The molecule has 0 aromatic carbocycles. The molecular weight excluding hydrogens is 264 g/mol. The first-order chi connectivity index (χ1) is 10.0. The lowest BCUT2D eigenvalue weighted by Crippen LogP contribution is -2.32. The van der Waals surface area contributed by atoms with Crippen LogP contribution in [0.15, 0.2) is 6.07 Å². The summed E-state index contributed by atoms with van der Waals surface area (Å²) in [7, 11) is 0. The van der Waals surface area contributed by atoms with Gasteiger partial charge in [0, 0.05) is 25.2 Å². The first-order valence-electron chi connectivity index (χ1n) is 7.91. The molecule has 1 aliphatic heterocycles. The van der Waals surface area contributed by atoms with Gasteiger partial charge < -0.3 is 10.2 Å². The number of hydrogen-bond acceptors (Lipinski definition) is 4. The van der Waals surface area contributed by atoms with Crippen LogP contribution in [0.5, 0.6) is 0 Å². The van der Waals surface area contributed by atoms with Crippen molar-refractivity contribution in [2.75, 3.05) is 18.0 Å². The summed E-state index contributed by atoms with van der Waals surface area (Å²) in [6.07, 6.45) is 4.26. The van der Waals surface area contributed by atoms with Gasteiger partial charge in [-0.05, 0) is 38.2 Å². The summed E-state index contributed by atoms with van der Waals surface area (Å²) in [5.41, 5.74) is 1.85. The van der Waals surface area contributed by atoms with Crippen LogP contribution in [-0.4, -0.2) is 29.0 Å². The Balaban J connectivity index is 1.99. The second kappa shape index (κ2) is 7.38. The Kier molecular flexibility index (Phi) is 5.53. The molecule has 1 aromatic rings. The van der Waals surface area contributed by atoms with E-state index in [4.69, 9.17) is 0 Å². The minimum Gasteiger partial charge on any atom is -0.350 e. The molecule has 2 heterocycles. The number of anilines is 1. The standard InChI is InChI=1S/C16H26N4O/c1-12(2)9-15(21)17-11-14-10-13(3)18-16(19-14)20-7-5-4-6-8-20/h10,12H,4-9,11H2,1-3H3,(H,17,21). The van der Waals surface area contributed by atoms with Crippen LogP contribution >= 0.6 is 0 Å². The average molecular weight is 290 g/mol. The molecule has 0 unspecified atom stereocenters. The van der Waals surface area contributed by atoms with E-state index in [-0.39, 0.29) is 5.91 Å². The van der Waals surface area contributed by atoms with Gasteiger partial charge in [-0.1, -0.05) is 13.8 Å². The first-order valence-corrected chi connectivity index (χ1v) is 7.91. The highest BCUT2D eigenvalue weighted by Crippen LogP contribution is 2.16. The Morgan fingerprint density at radius 2 is 2.00 bits per heavy atom. The summed E-state index contributed by atoms with van der Waals surface area (Å²) >= 11 is 0. The summed E-state index contributed by atoms with van der Waals surface area (Å²) in [6.45, 7) is 8.61. The second-order valence-electron chi connectivity index (χ2n) is 6.22. The van der Waals surface area contributed by atoms with E-state index in [1.54, 1.807) is 0 Å².